The van der Waals surface area contributed by atoms with Crippen LogP contribution in [-0.4, -0.2) is 82.4 Å². The predicted molar refractivity (Wildman–Crippen MR) is 207 cm³/mol. The molecular weight excluding hydrogens is 688 g/mol. The summed E-state index contributed by atoms with van der Waals surface area (Å²) in [5, 5.41) is 20.6. The fraction of sp³-hybridized carbons (Fsp3) is 0.400. The molecule has 14 heteroatoms. The van der Waals surface area contributed by atoms with Crippen molar-refractivity contribution in [2.45, 2.75) is 65.5 Å². The lowest BCUT2D eigenvalue weighted by atomic mass is 9.83. The van der Waals surface area contributed by atoms with Crippen molar-refractivity contribution in [3.8, 4) is 33.6 Å². The van der Waals surface area contributed by atoms with Crippen LogP contribution in [0.1, 0.15) is 65.0 Å². The monoisotopic (exact) mass is 738 g/mol. The van der Waals surface area contributed by atoms with E-state index in [2.05, 4.69) is 30.6 Å². The Morgan fingerprint density at radius 3 is 1.19 bits per heavy atom. The van der Waals surface area contributed by atoms with Gasteiger partial charge in [0.15, 0.2) is 11.6 Å². The minimum absolute atomic E-state index is 0.140. The number of hydrogen-bond donors (Lipinski definition) is 6. The van der Waals surface area contributed by atoms with Crippen molar-refractivity contribution in [2.75, 3.05) is 14.2 Å². The van der Waals surface area contributed by atoms with E-state index in [-0.39, 0.29) is 23.4 Å². The molecule has 6 N–H and O–H groups in total. The Hall–Kier alpha value is -5.92. The number of carbonyl (C=O) groups is 4. The summed E-state index contributed by atoms with van der Waals surface area (Å²) in [6, 6.07) is 14.0. The fourth-order valence-electron chi connectivity index (χ4n) is 6.40. The quantitative estimate of drug-likeness (QED) is 0.0634. The topological polar surface area (TPSA) is 216 Å². The number of aromatic amines is 2. The van der Waals surface area contributed by atoms with E-state index in [9.17, 15) is 19.2 Å². The van der Waals surface area contributed by atoms with Crippen LogP contribution in [0.15, 0.2) is 60.9 Å². The van der Waals surface area contributed by atoms with E-state index in [1.807, 2.05) is 76.2 Å². The van der Waals surface area contributed by atoms with E-state index < -0.39 is 47.9 Å². The molecule has 14 nitrogen and oxygen atoms in total. The molecule has 0 radical (unpaired) electrons. The first-order valence-corrected chi connectivity index (χ1v) is 17.8. The summed E-state index contributed by atoms with van der Waals surface area (Å²) in [4.78, 5) is 67.1. The number of hydrogen-bond acceptors (Lipinski definition) is 10. The fourth-order valence-corrected chi connectivity index (χ4v) is 6.40. The second-order valence-corrected chi connectivity index (χ2v) is 14.0. The van der Waals surface area contributed by atoms with E-state index in [1.165, 1.54) is 14.2 Å². The molecule has 2 heterocycles. The summed E-state index contributed by atoms with van der Waals surface area (Å²) in [5.74, 6) is -2.25. The van der Waals surface area contributed by atoms with E-state index in [4.69, 9.17) is 20.3 Å². The van der Waals surface area contributed by atoms with Crippen molar-refractivity contribution in [3.63, 3.8) is 0 Å². The van der Waals surface area contributed by atoms with Gasteiger partial charge in [0.1, 0.15) is 11.6 Å². The first-order valence-electron chi connectivity index (χ1n) is 17.8. The molecule has 0 bridgehead atoms. The highest BCUT2D eigenvalue weighted by Gasteiger charge is 2.37. The molecule has 4 aromatic rings. The van der Waals surface area contributed by atoms with Gasteiger partial charge in [-0.2, -0.15) is 0 Å². The Balaban J connectivity index is 1.51. The Kier molecular flexibility index (Phi) is 13.8. The molecule has 54 heavy (non-hydrogen) atoms. The van der Waals surface area contributed by atoms with Gasteiger partial charge < -0.3 is 40.9 Å². The summed E-state index contributed by atoms with van der Waals surface area (Å²) in [5.41, 5.74) is 5.18. The van der Waals surface area contributed by atoms with Gasteiger partial charge in [-0.3, -0.25) is 9.59 Å². The van der Waals surface area contributed by atoms with Gasteiger partial charge in [0.25, 0.3) is 0 Å². The third-order valence-corrected chi connectivity index (χ3v) is 9.56. The number of alkyl carbamates (subject to hydrolysis) is 2. The number of rotatable bonds is 17. The molecule has 2 amide bonds. The number of carbonyl (C=O) groups excluding carboxylic acids is 4. The molecule has 0 fully saturated rings. The minimum atomic E-state index is -0.949. The van der Waals surface area contributed by atoms with Crippen LogP contribution in [0, 0.1) is 34.5 Å². The molecule has 286 valence electrons. The van der Waals surface area contributed by atoms with Crippen molar-refractivity contribution in [1.29, 1.82) is 10.8 Å². The van der Waals surface area contributed by atoms with Gasteiger partial charge in [-0.25, -0.2) is 19.6 Å². The van der Waals surface area contributed by atoms with Crippen LogP contribution in [0.4, 0.5) is 9.59 Å². The predicted octanol–water partition coefficient (Wildman–Crippen LogP) is 6.77. The third kappa shape index (κ3) is 9.35. The maximum absolute atomic E-state index is 13.7. The van der Waals surface area contributed by atoms with Gasteiger partial charge in [-0.05, 0) is 34.1 Å². The lowest BCUT2D eigenvalue weighted by molar-refractivity contribution is -0.124. The summed E-state index contributed by atoms with van der Waals surface area (Å²) in [6.07, 6.45) is 4.15. The zero-order valence-corrected chi connectivity index (χ0v) is 31.9. The molecule has 2 aromatic heterocycles. The van der Waals surface area contributed by atoms with Gasteiger partial charge in [0.05, 0.1) is 61.9 Å². The molecule has 0 saturated heterocycles. The van der Waals surface area contributed by atoms with E-state index in [0.29, 0.717) is 11.6 Å². The van der Waals surface area contributed by atoms with Crippen LogP contribution in [0.2, 0.25) is 0 Å². The number of ketones is 2. The van der Waals surface area contributed by atoms with Crippen LogP contribution in [-0.2, 0) is 19.1 Å². The SMILES string of the molecule is COC(=O)N[C@H](C(=O)[C@H](c1ncc(-c2ccc(-c3ccc(-c4cnc([C@@H](C(=O)[C@@H](NC(=O)OC)C(C)C=N)C(C)C)[nH]4)cc3)cc2)[nH]1)C(C)C)C(C)C=N. The molecule has 2 aromatic carbocycles. The second kappa shape index (κ2) is 18.2. The smallest absolute Gasteiger partial charge is 0.407 e. The highest BCUT2D eigenvalue weighted by atomic mass is 16.5. The summed E-state index contributed by atoms with van der Waals surface area (Å²) < 4.78 is 9.44. The lowest BCUT2D eigenvalue weighted by Gasteiger charge is -2.26. The van der Waals surface area contributed by atoms with E-state index in [1.54, 1.807) is 26.2 Å². The number of nitrogens with zero attached hydrogens (tertiary/aromatic N) is 2. The first-order chi connectivity index (χ1) is 25.7. The molecule has 4 rings (SSSR count). The number of Topliss-reactive ketones (excluding diaryl/α,β-unsaturated/α-hetero) is 2. The Morgan fingerprint density at radius 1 is 0.593 bits per heavy atom. The summed E-state index contributed by atoms with van der Waals surface area (Å²) in [7, 11) is 2.45. The van der Waals surface area contributed by atoms with Crippen LogP contribution < -0.4 is 10.6 Å². The van der Waals surface area contributed by atoms with Gasteiger partial charge >= 0.3 is 12.2 Å². The van der Waals surface area contributed by atoms with Crippen molar-refractivity contribution >= 4 is 36.2 Å². The number of aromatic nitrogens is 4. The normalized spacial score (nSPS) is 14.6. The standard InChI is InChI=1S/C40H50N8O6/c1-21(2)31(35(49)33(23(5)17-41)47-39(51)53-7)37-43-19-29(45-37)27-13-9-25(10-14-27)26-11-15-28(16-12-26)30-20-44-38(46-30)32(22(3)4)36(50)34(24(6)18-42)48-40(52)54-8/h9-24,31-34,41-42H,1-8H3,(H,43,45)(H,44,46)(H,47,51)(H,48,52)/t23?,24?,31-,32-,33+,34+/m1/s1. The Morgan fingerprint density at radius 2 is 0.907 bits per heavy atom. The third-order valence-electron chi connectivity index (χ3n) is 9.56. The van der Waals surface area contributed by atoms with Crippen LogP contribution in [0.5, 0.6) is 0 Å². The summed E-state index contributed by atoms with van der Waals surface area (Å²) in [6.45, 7) is 11.0. The zero-order chi connectivity index (χ0) is 39.7. The highest BCUT2D eigenvalue weighted by molar-refractivity contribution is 5.95. The number of H-pyrrole nitrogens is 2. The number of amides is 2. The van der Waals surface area contributed by atoms with Crippen molar-refractivity contribution < 1.29 is 28.7 Å². The van der Waals surface area contributed by atoms with Crippen LogP contribution in [0.25, 0.3) is 33.6 Å². The average Bonchev–Trinajstić information content (AvgIpc) is 3.86. The number of ether oxygens (including phenoxy) is 2. The Bertz CT molecular complexity index is 1790. The molecule has 0 aliphatic rings. The summed E-state index contributed by atoms with van der Waals surface area (Å²) >= 11 is 0. The van der Waals surface area contributed by atoms with Gasteiger partial charge in [-0.1, -0.05) is 90.1 Å². The Labute approximate surface area is 315 Å². The van der Waals surface area contributed by atoms with E-state index in [0.717, 1.165) is 46.1 Å². The highest BCUT2D eigenvalue weighted by Crippen LogP contribution is 2.32. The number of nitrogens with one attached hydrogen (secondary N) is 6. The average molecular weight is 739 g/mol. The first kappa shape index (κ1) is 40.8. The van der Waals surface area contributed by atoms with Crippen molar-refractivity contribution in [2.24, 2.45) is 23.7 Å². The molecular formula is C40H50N8O6. The van der Waals surface area contributed by atoms with Crippen LogP contribution in [0.3, 0.4) is 0 Å². The van der Waals surface area contributed by atoms with E-state index >= 15 is 0 Å². The molecule has 0 saturated carbocycles. The largest absolute Gasteiger partial charge is 0.453 e. The maximum Gasteiger partial charge on any atom is 0.407 e. The molecule has 2 unspecified atom stereocenters. The molecule has 0 spiro atoms. The van der Waals surface area contributed by atoms with Gasteiger partial charge in [0.2, 0.25) is 0 Å². The second-order valence-electron chi connectivity index (χ2n) is 14.0. The minimum Gasteiger partial charge on any atom is -0.453 e. The number of benzene rings is 2. The van der Waals surface area contributed by atoms with Crippen molar-refractivity contribution in [3.05, 3.63) is 72.6 Å². The molecule has 6 atom stereocenters. The van der Waals surface area contributed by atoms with Gasteiger partial charge in [-0.15, -0.1) is 0 Å². The molecule has 0 aliphatic heterocycles. The number of imidazole rings is 2. The van der Waals surface area contributed by atoms with Gasteiger partial charge in [0, 0.05) is 24.3 Å². The van der Waals surface area contributed by atoms with Crippen molar-refractivity contribution in [1.82, 2.24) is 30.6 Å². The zero-order valence-electron chi connectivity index (χ0n) is 31.9. The lowest BCUT2D eigenvalue weighted by Crippen LogP contribution is -2.48. The number of methoxy groups -OCH3 is 2. The maximum atomic E-state index is 13.7. The van der Waals surface area contributed by atoms with Crippen LogP contribution >= 0.6 is 0 Å². The molecule has 0 aliphatic carbocycles.